The summed E-state index contributed by atoms with van der Waals surface area (Å²) in [6.45, 7) is 3.39. The Kier molecular flexibility index (Phi) is 3.42. The highest BCUT2D eigenvalue weighted by Gasteiger charge is 2.24. The molecule has 0 aliphatic heterocycles. The Labute approximate surface area is 82.3 Å². The molecule has 0 unspecified atom stereocenters. The fourth-order valence-electron chi connectivity index (χ4n) is 1.22. The second kappa shape index (κ2) is 4.58. The third-order valence-corrected chi connectivity index (χ3v) is 2.02. The Morgan fingerprint density at radius 3 is 2.36 bits per heavy atom. The van der Waals surface area contributed by atoms with Crippen molar-refractivity contribution in [2.45, 2.75) is 6.10 Å². The van der Waals surface area contributed by atoms with E-state index in [9.17, 15) is 9.90 Å². The zero-order valence-corrected chi connectivity index (χ0v) is 7.63. The second-order valence-corrected chi connectivity index (χ2v) is 2.96. The van der Waals surface area contributed by atoms with Gasteiger partial charge in [0.05, 0.1) is 6.10 Å². The summed E-state index contributed by atoms with van der Waals surface area (Å²) in [5.74, 6) is -2.03. The van der Waals surface area contributed by atoms with Crippen LogP contribution in [0.25, 0.3) is 0 Å². The van der Waals surface area contributed by atoms with Crippen molar-refractivity contribution in [3.05, 3.63) is 48.6 Å². The Balaban J connectivity index is 2.88. The predicted molar refractivity (Wildman–Crippen MR) is 52.7 cm³/mol. The van der Waals surface area contributed by atoms with Gasteiger partial charge in [-0.1, -0.05) is 36.4 Å². The van der Waals surface area contributed by atoms with Crippen molar-refractivity contribution in [2.24, 2.45) is 5.92 Å². The third kappa shape index (κ3) is 2.20. The molecule has 0 radical (unpaired) electrons. The number of hydrogen-bond donors (Lipinski definition) is 2. The van der Waals surface area contributed by atoms with E-state index < -0.39 is 18.0 Å². The first-order chi connectivity index (χ1) is 6.66. The molecule has 1 rings (SSSR count). The molecule has 0 saturated heterocycles. The standard InChI is InChI=1S/C11H12O3/c1-2-9(11(13)14)10(12)8-6-4-3-5-7-8/h2-7,9-10,12H,1H2,(H,13,14)/t9-,10-/m0/s1. The largest absolute Gasteiger partial charge is 0.481 e. The summed E-state index contributed by atoms with van der Waals surface area (Å²) < 4.78 is 0. The highest BCUT2D eigenvalue weighted by atomic mass is 16.4. The monoisotopic (exact) mass is 192 g/mol. The van der Waals surface area contributed by atoms with E-state index in [2.05, 4.69) is 6.58 Å². The van der Waals surface area contributed by atoms with Crippen molar-refractivity contribution >= 4 is 5.97 Å². The number of rotatable bonds is 4. The Morgan fingerprint density at radius 2 is 1.93 bits per heavy atom. The number of aliphatic hydroxyl groups is 1. The van der Waals surface area contributed by atoms with Crippen LogP contribution in [0.2, 0.25) is 0 Å². The third-order valence-electron chi connectivity index (χ3n) is 2.02. The van der Waals surface area contributed by atoms with Crippen LogP contribution in [0, 0.1) is 5.92 Å². The quantitative estimate of drug-likeness (QED) is 0.712. The van der Waals surface area contributed by atoms with Crippen LogP contribution >= 0.6 is 0 Å². The minimum absolute atomic E-state index is 0.583. The first-order valence-corrected chi connectivity index (χ1v) is 4.25. The maximum Gasteiger partial charge on any atom is 0.313 e. The second-order valence-electron chi connectivity index (χ2n) is 2.96. The molecule has 0 spiro atoms. The Bertz CT molecular complexity index is 319. The molecular formula is C11H12O3. The van der Waals surface area contributed by atoms with Gasteiger partial charge >= 0.3 is 5.97 Å². The molecule has 1 aromatic rings. The summed E-state index contributed by atoms with van der Waals surface area (Å²) >= 11 is 0. The molecule has 0 aliphatic carbocycles. The molecule has 2 N–H and O–H groups in total. The SMILES string of the molecule is C=C[C@H](C(=O)O)[C@@H](O)c1ccccc1. The molecule has 0 aromatic heterocycles. The molecule has 2 atom stereocenters. The zero-order valence-electron chi connectivity index (χ0n) is 7.63. The van der Waals surface area contributed by atoms with Gasteiger partial charge in [0.25, 0.3) is 0 Å². The van der Waals surface area contributed by atoms with Crippen molar-refractivity contribution in [2.75, 3.05) is 0 Å². The molecule has 0 saturated carbocycles. The predicted octanol–water partition coefficient (Wildman–Crippen LogP) is 1.61. The van der Waals surface area contributed by atoms with Crippen molar-refractivity contribution in [1.82, 2.24) is 0 Å². The van der Waals surface area contributed by atoms with Crippen molar-refractivity contribution < 1.29 is 15.0 Å². The van der Waals surface area contributed by atoms with E-state index in [-0.39, 0.29) is 0 Å². The van der Waals surface area contributed by atoms with Crippen molar-refractivity contribution in [3.8, 4) is 0 Å². The van der Waals surface area contributed by atoms with Gasteiger partial charge in [0.15, 0.2) is 0 Å². The van der Waals surface area contributed by atoms with E-state index in [0.29, 0.717) is 5.56 Å². The lowest BCUT2D eigenvalue weighted by molar-refractivity contribution is -0.143. The van der Waals surface area contributed by atoms with E-state index >= 15 is 0 Å². The first kappa shape index (κ1) is 10.5. The zero-order chi connectivity index (χ0) is 10.6. The highest BCUT2D eigenvalue weighted by molar-refractivity contribution is 5.73. The maximum atomic E-state index is 10.7. The maximum absolute atomic E-state index is 10.7. The lowest BCUT2D eigenvalue weighted by Crippen LogP contribution is -2.19. The van der Waals surface area contributed by atoms with E-state index in [1.54, 1.807) is 30.3 Å². The molecule has 74 valence electrons. The first-order valence-electron chi connectivity index (χ1n) is 4.25. The van der Waals surface area contributed by atoms with Crippen LogP contribution in [-0.2, 0) is 4.79 Å². The van der Waals surface area contributed by atoms with Crippen LogP contribution in [0.4, 0.5) is 0 Å². The minimum atomic E-state index is -1.07. The van der Waals surface area contributed by atoms with E-state index in [0.717, 1.165) is 0 Å². The fourth-order valence-corrected chi connectivity index (χ4v) is 1.22. The lowest BCUT2D eigenvalue weighted by atomic mass is 9.96. The summed E-state index contributed by atoms with van der Waals surface area (Å²) in [4.78, 5) is 10.7. The molecule has 0 amide bonds. The number of benzene rings is 1. The molecule has 0 aliphatic rings. The molecular weight excluding hydrogens is 180 g/mol. The normalized spacial score (nSPS) is 14.4. The Morgan fingerprint density at radius 1 is 1.36 bits per heavy atom. The molecule has 1 aromatic carbocycles. The fraction of sp³-hybridized carbons (Fsp3) is 0.182. The van der Waals surface area contributed by atoms with Gasteiger partial charge in [0.2, 0.25) is 0 Å². The highest BCUT2D eigenvalue weighted by Crippen LogP contribution is 2.22. The summed E-state index contributed by atoms with van der Waals surface area (Å²) in [6, 6.07) is 8.68. The van der Waals surface area contributed by atoms with Crippen LogP contribution in [0.1, 0.15) is 11.7 Å². The van der Waals surface area contributed by atoms with Crippen LogP contribution in [0.3, 0.4) is 0 Å². The van der Waals surface area contributed by atoms with Gasteiger partial charge in [-0.25, -0.2) is 0 Å². The van der Waals surface area contributed by atoms with E-state index in [1.807, 2.05) is 0 Å². The van der Waals surface area contributed by atoms with Gasteiger partial charge in [0, 0.05) is 0 Å². The molecule has 0 fully saturated rings. The van der Waals surface area contributed by atoms with Gasteiger partial charge < -0.3 is 10.2 Å². The van der Waals surface area contributed by atoms with Gasteiger partial charge in [-0.05, 0) is 5.56 Å². The summed E-state index contributed by atoms with van der Waals surface area (Å²) in [7, 11) is 0. The average molecular weight is 192 g/mol. The Hall–Kier alpha value is -1.61. The topological polar surface area (TPSA) is 57.5 Å². The van der Waals surface area contributed by atoms with Gasteiger partial charge in [-0.2, -0.15) is 0 Å². The number of aliphatic hydroxyl groups excluding tert-OH is 1. The van der Waals surface area contributed by atoms with Gasteiger partial charge in [-0.3, -0.25) is 4.79 Å². The summed E-state index contributed by atoms with van der Waals surface area (Å²) in [5.41, 5.74) is 0.583. The molecule has 0 heterocycles. The van der Waals surface area contributed by atoms with Crippen LogP contribution in [0.15, 0.2) is 43.0 Å². The number of carboxylic acids is 1. The molecule has 3 nitrogen and oxygen atoms in total. The van der Waals surface area contributed by atoms with Crippen LogP contribution in [0.5, 0.6) is 0 Å². The summed E-state index contributed by atoms with van der Waals surface area (Å²) in [6.07, 6.45) is 0.200. The lowest BCUT2D eigenvalue weighted by Gasteiger charge is -2.15. The summed E-state index contributed by atoms with van der Waals surface area (Å²) in [5, 5.41) is 18.5. The van der Waals surface area contributed by atoms with Gasteiger partial charge in [-0.15, -0.1) is 6.58 Å². The van der Waals surface area contributed by atoms with E-state index in [1.165, 1.54) is 6.08 Å². The van der Waals surface area contributed by atoms with E-state index in [4.69, 9.17) is 5.11 Å². The molecule has 3 heteroatoms. The van der Waals surface area contributed by atoms with Crippen LogP contribution in [-0.4, -0.2) is 16.2 Å². The molecule has 0 bridgehead atoms. The minimum Gasteiger partial charge on any atom is -0.481 e. The van der Waals surface area contributed by atoms with Crippen LogP contribution < -0.4 is 0 Å². The number of aliphatic carboxylic acids is 1. The number of carboxylic acid groups (broad SMARTS) is 1. The average Bonchev–Trinajstić information content (AvgIpc) is 2.19. The molecule has 14 heavy (non-hydrogen) atoms. The number of hydrogen-bond acceptors (Lipinski definition) is 2. The van der Waals surface area contributed by atoms with Crippen molar-refractivity contribution in [3.63, 3.8) is 0 Å². The number of carbonyl (C=O) groups is 1. The smallest absolute Gasteiger partial charge is 0.313 e. The van der Waals surface area contributed by atoms with Gasteiger partial charge in [0.1, 0.15) is 5.92 Å². The van der Waals surface area contributed by atoms with Crippen molar-refractivity contribution in [1.29, 1.82) is 0 Å².